The Bertz CT molecular complexity index is 1360. The summed E-state index contributed by atoms with van der Waals surface area (Å²) in [6.45, 7) is 7.29. The van der Waals surface area contributed by atoms with Crippen LogP contribution in [0.1, 0.15) is 53.6 Å². The zero-order chi connectivity index (χ0) is 26.4. The molecule has 8 nitrogen and oxygen atoms in total. The van der Waals surface area contributed by atoms with E-state index in [4.69, 9.17) is 10.8 Å². The molecule has 1 atom stereocenters. The summed E-state index contributed by atoms with van der Waals surface area (Å²) in [6.07, 6.45) is 2.26. The van der Waals surface area contributed by atoms with Gasteiger partial charge < -0.3 is 10.6 Å². The number of carbonyl (C=O) groups excluding carboxylic acids is 1. The quantitative estimate of drug-likeness (QED) is 0.357. The lowest BCUT2D eigenvalue weighted by molar-refractivity contribution is 0.0603. The van der Waals surface area contributed by atoms with Gasteiger partial charge in [0.1, 0.15) is 0 Å². The van der Waals surface area contributed by atoms with Crippen LogP contribution in [0.4, 0.5) is 0 Å². The molecule has 192 valence electrons. The van der Waals surface area contributed by atoms with Crippen molar-refractivity contribution in [1.29, 1.82) is 0 Å². The molecular weight excluding hydrogens is 464 g/mol. The summed E-state index contributed by atoms with van der Waals surface area (Å²) in [5, 5.41) is 4.80. The Morgan fingerprint density at radius 1 is 1.00 bits per heavy atom. The first-order valence-electron chi connectivity index (χ1n) is 12.6. The molecule has 0 aliphatic rings. The average molecular weight is 499 g/mol. The van der Waals surface area contributed by atoms with Crippen LogP contribution < -0.4 is 11.4 Å². The number of hydrogen-bond acceptors (Lipinski definition) is 5. The molecule has 0 bridgehead atoms. The zero-order valence-electron chi connectivity index (χ0n) is 21.6. The largest absolute Gasteiger partial charge is 0.352 e. The van der Waals surface area contributed by atoms with Crippen molar-refractivity contribution in [3.8, 4) is 5.82 Å². The van der Waals surface area contributed by atoms with Gasteiger partial charge in [-0.3, -0.25) is 9.36 Å². The van der Waals surface area contributed by atoms with Gasteiger partial charge in [0.2, 0.25) is 0 Å². The van der Waals surface area contributed by atoms with Crippen LogP contribution in [0.15, 0.2) is 83.8 Å². The van der Waals surface area contributed by atoms with Crippen molar-refractivity contribution in [3.63, 3.8) is 0 Å². The molecule has 4 aromatic rings. The average Bonchev–Trinajstić information content (AvgIpc) is 3.22. The molecule has 1 amide bonds. The van der Waals surface area contributed by atoms with E-state index in [0.717, 1.165) is 11.1 Å². The van der Waals surface area contributed by atoms with E-state index in [0.29, 0.717) is 43.3 Å². The minimum Gasteiger partial charge on any atom is -0.330 e. The van der Waals surface area contributed by atoms with Gasteiger partial charge >= 0.3 is 5.69 Å². The normalized spacial score (nSPS) is 12.0. The van der Waals surface area contributed by atoms with E-state index in [2.05, 4.69) is 4.98 Å². The number of nitrogens with zero attached hydrogens (tertiary/aromatic N) is 5. The number of rotatable bonds is 10. The first-order chi connectivity index (χ1) is 17.9. The first kappa shape index (κ1) is 26.0. The minimum absolute atomic E-state index is 0.0271. The molecule has 0 fully saturated rings. The maximum absolute atomic E-state index is 13.9. The Morgan fingerprint density at radius 3 is 2.32 bits per heavy atom. The molecule has 0 spiro atoms. The summed E-state index contributed by atoms with van der Waals surface area (Å²) in [6, 6.07) is 22.2. The minimum atomic E-state index is -0.457. The van der Waals surface area contributed by atoms with Gasteiger partial charge in [0.05, 0.1) is 12.6 Å². The summed E-state index contributed by atoms with van der Waals surface area (Å²) < 4.78 is 2.98. The smallest absolute Gasteiger partial charge is 0.330 e. The van der Waals surface area contributed by atoms with Crippen LogP contribution in [0.3, 0.4) is 0 Å². The molecule has 37 heavy (non-hydrogen) atoms. The van der Waals surface area contributed by atoms with Crippen LogP contribution in [0.2, 0.25) is 0 Å². The van der Waals surface area contributed by atoms with Crippen LogP contribution >= 0.6 is 0 Å². The molecule has 0 saturated heterocycles. The first-order valence-corrected chi connectivity index (χ1v) is 12.6. The van der Waals surface area contributed by atoms with Crippen molar-refractivity contribution >= 4 is 5.91 Å². The van der Waals surface area contributed by atoms with Gasteiger partial charge in [-0.2, -0.15) is 4.68 Å². The fourth-order valence-corrected chi connectivity index (χ4v) is 4.46. The summed E-state index contributed by atoms with van der Waals surface area (Å²) in [5.41, 5.74) is 8.20. The van der Waals surface area contributed by atoms with Crippen LogP contribution in [0.5, 0.6) is 0 Å². The van der Waals surface area contributed by atoms with E-state index in [9.17, 15) is 9.59 Å². The number of benzene rings is 2. The maximum atomic E-state index is 13.9. The second-order valence-electron chi connectivity index (χ2n) is 9.51. The maximum Gasteiger partial charge on any atom is 0.352 e. The molecule has 0 aliphatic heterocycles. The molecule has 2 aromatic carbocycles. The molecule has 2 aromatic heterocycles. The monoisotopic (exact) mass is 498 g/mol. The van der Waals surface area contributed by atoms with E-state index < -0.39 is 6.04 Å². The Labute approximate surface area is 217 Å². The predicted molar refractivity (Wildman–Crippen MR) is 145 cm³/mol. The summed E-state index contributed by atoms with van der Waals surface area (Å²) in [7, 11) is 0. The molecule has 2 N–H and O–H groups in total. The van der Waals surface area contributed by atoms with E-state index in [1.54, 1.807) is 22.9 Å². The van der Waals surface area contributed by atoms with Gasteiger partial charge in [0.25, 0.3) is 5.91 Å². The predicted octanol–water partition coefficient (Wildman–Crippen LogP) is 3.97. The number of carbonyl (C=O) groups is 1. The standard InChI is InChI=1S/C29H34N6O2/c1-21(2)26(33(19-9-17-30)28(36)24-15-13-22(3)14-16-24)27-32-35(25-12-7-8-18-31-25)29(37)34(27)20-23-10-5-4-6-11-23/h4-8,10-16,18,21,26H,9,17,19-20,30H2,1-3H3. The lowest BCUT2D eigenvalue weighted by atomic mass is 9.99. The fourth-order valence-electron chi connectivity index (χ4n) is 4.46. The highest BCUT2D eigenvalue weighted by atomic mass is 16.2. The number of hydrogen-bond donors (Lipinski definition) is 1. The highest BCUT2D eigenvalue weighted by Gasteiger charge is 2.34. The Balaban J connectivity index is 1.87. The van der Waals surface area contributed by atoms with Gasteiger partial charge in [0, 0.05) is 18.3 Å². The van der Waals surface area contributed by atoms with Gasteiger partial charge in [-0.15, -0.1) is 5.10 Å². The van der Waals surface area contributed by atoms with E-state index in [1.165, 1.54) is 4.68 Å². The molecule has 0 radical (unpaired) electrons. The van der Waals surface area contributed by atoms with Crippen molar-refractivity contribution in [2.24, 2.45) is 11.7 Å². The molecular formula is C29H34N6O2. The highest BCUT2D eigenvalue weighted by molar-refractivity contribution is 5.94. The topological polar surface area (TPSA) is 99.0 Å². The second-order valence-corrected chi connectivity index (χ2v) is 9.51. The van der Waals surface area contributed by atoms with E-state index in [1.807, 2.05) is 86.3 Å². The third-order valence-electron chi connectivity index (χ3n) is 6.34. The number of pyridine rings is 1. The van der Waals surface area contributed by atoms with Crippen molar-refractivity contribution in [2.75, 3.05) is 13.1 Å². The van der Waals surface area contributed by atoms with Gasteiger partial charge in [-0.1, -0.05) is 67.9 Å². The molecule has 0 saturated carbocycles. The molecule has 0 aliphatic carbocycles. The number of aromatic nitrogens is 4. The van der Waals surface area contributed by atoms with Gasteiger partial charge in [0.15, 0.2) is 11.6 Å². The second kappa shape index (κ2) is 11.8. The number of aryl methyl sites for hydroxylation is 1. The molecule has 2 heterocycles. The number of amides is 1. The lowest BCUT2D eigenvalue weighted by Gasteiger charge is -2.34. The van der Waals surface area contributed by atoms with E-state index >= 15 is 0 Å². The molecule has 4 rings (SSSR count). The summed E-state index contributed by atoms with van der Waals surface area (Å²) in [5.74, 6) is 0.812. The van der Waals surface area contributed by atoms with Gasteiger partial charge in [-0.05, 0) is 55.6 Å². The summed E-state index contributed by atoms with van der Waals surface area (Å²) >= 11 is 0. The Morgan fingerprint density at radius 2 is 1.70 bits per heavy atom. The third kappa shape index (κ3) is 5.86. The highest BCUT2D eigenvalue weighted by Crippen LogP contribution is 2.29. The SMILES string of the molecule is Cc1ccc(C(=O)N(CCCN)C(c2nn(-c3ccccn3)c(=O)n2Cc2ccccc2)C(C)C)cc1. The Hall–Kier alpha value is -4.04. The Kier molecular flexibility index (Phi) is 8.30. The van der Waals surface area contributed by atoms with Crippen LogP contribution in [-0.4, -0.2) is 43.2 Å². The van der Waals surface area contributed by atoms with Crippen LogP contribution in [-0.2, 0) is 6.54 Å². The third-order valence-corrected chi connectivity index (χ3v) is 6.34. The van der Waals surface area contributed by atoms with Crippen molar-refractivity contribution in [3.05, 3.63) is 112 Å². The molecule has 1 unspecified atom stereocenters. The van der Waals surface area contributed by atoms with Crippen molar-refractivity contribution in [2.45, 2.75) is 39.8 Å². The fraction of sp³-hybridized carbons (Fsp3) is 0.310. The summed E-state index contributed by atoms with van der Waals surface area (Å²) in [4.78, 5) is 33.8. The molecule has 8 heteroatoms. The van der Waals surface area contributed by atoms with E-state index in [-0.39, 0.29) is 17.5 Å². The van der Waals surface area contributed by atoms with Gasteiger partial charge in [-0.25, -0.2) is 9.78 Å². The zero-order valence-corrected chi connectivity index (χ0v) is 21.6. The van der Waals surface area contributed by atoms with Crippen LogP contribution in [0.25, 0.3) is 5.82 Å². The van der Waals surface area contributed by atoms with Crippen molar-refractivity contribution < 1.29 is 4.79 Å². The number of nitrogens with two attached hydrogens (primary N) is 1. The van der Waals surface area contributed by atoms with Crippen molar-refractivity contribution in [1.82, 2.24) is 24.2 Å². The lowest BCUT2D eigenvalue weighted by Crippen LogP contribution is -2.40. The van der Waals surface area contributed by atoms with Crippen LogP contribution in [0, 0.1) is 12.8 Å².